The summed E-state index contributed by atoms with van der Waals surface area (Å²) >= 11 is 0. The van der Waals surface area contributed by atoms with Crippen LogP contribution in [0.1, 0.15) is 11.1 Å². The molecule has 140 valence electrons. The second kappa shape index (κ2) is 8.75. The number of amides is 1. The van der Waals surface area contributed by atoms with Crippen LogP contribution in [0.5, 0.6) is 23.0 Å². The Kier molecular flexibility index (Phi) is 5.94. The van der Waals surface area contributed by atoms with Gasteiger partial charge in [0.15, 0.2) is 23.0 Å². The lowest BCUT2D eigenvalue weighted by atomic mass is 10.1. The van der Waals surface area contributed by atoms with E-state index in [1.807, 2.05) is 30.3 Å². The monoisotopic (exact) mass is 368 g/mol. The Bertz CT molecular complexity index is 877. The molecule has 2 aromatic carbocycles. The van der Waals surface area contributed by atoms with Crippen molar-refractivity contribution in [1.29, 1.82) is 0 Å². The highest BCUT2D eigenvalue weighted by Crippen LogP contribution is 2.32. The molecule has 1 heterocycles. The Labute approximate surface area is 157 Å². The van der Waals surface area contributed by atoms with E-state index in [0.717, 1.165) is 22.6 Å². The fourth-order valence-electron chi connectivity index (χ4n) is 2.54. The number of methoxy groups -OCH3 is 2. The number of fused-ring (bicyclic) bond motifs is 1. The van der Waals surface area contributed by atoms with Crippen molar-refractivity contribution in [3.8, 4) is 23.0 Å². The van der Waals surface area contributed by atoms with Crippen LogP contribution in [0.15, 0.2) is 47.6 Å². The molecule has 7 nitrogen and oxygen atoms in total. The molecule has 0 bridgehead atoms. The van der Waals surface area contributed by atoms with Gasteiger partial charge in [0.1, 0.15) is 0 Å². The summed E-state index contributed by atoms with van der Waals surface area (Å²) in [5, 5.41) is 3.91. The van der Waals surface area contributed by atoms with Crippen molar-refractivity contribution in [2.45, 2.75) is 6.42 Å². The number of carbonyl (C=O) groups is 1. The molecule has 3 rings (SSSR count). The maximum Gasteiger partial charge on any atom is 0.244 e. The summed E-state index contributed by atoms with van der Waals surface area (Å²) in [6.45, 7) is 0.246. The van der Waals surface area contributed by atoms with Crippen molar-refractivity contribution in [1.82, 2.24) is 5.43 Å². The van der Waals surface area contributed by atoms with Crippen molar-refractivity contribution < 1.29 is 23.7 Å². The molecule has 7 heteroatoms. The van der Waals surface area contributed by atoms with E-state index in [2.05, 4.69) is 10.5 Å². The minimum Gasteiger partial charge on any atom is -0.493 e. The lowest BCUT2D eigenvalue weighted by Gasteiger charge is -2.08. The van der Waals surface area contributed by atoms with Crippen LogP contribution < -0.4 is 24.4 Å². The van der Waals surface area contributed by atoms with Crippen molar-refractivity contribution >= 4 is 18.2 Å². The van der Waals surface area contributed by atoms with E-state index >= 15 is 0 Å². The third kappa shape index (κ3) is 4.78. The Hall–Kier alpha value is -3.48. The number of nitrogens with zero attached hydrogens (tertiary/aromatic N) is 1. The van der Waals surface area contributed by atoms with E-state index in [1.165, 1.54) is 6.21 Å². The summed E-state index contributed by atoms with van der Waals surface area (Å²) in [4.78, 5) is 12.0. The topological polar surface area (TPSA) is 78.4 Å². The molecule has 1 aliphatic heterocycles. The molecule has 1 aliphatic rings. The third-order valence-electron chi connectivity index (χ3n) is 3.85. The molecule has 0 aromatic heterocycles. The quantitative estimate of drug-likeness (QED) is 0.601. The number of hydrogen-bond donors (Lipinski definition) is 1. The summed E-state index contributed by atoms with van der Waals surface area (Å²) < 4.78 is 21.0. The zero-order valence-corrected chi connectivity index (χ0v) is 15.1. The Morgan fingerprint density at radius 3 is 2.74 bits per heavy atom. The number of ether oxygens (including phenoxy) is 4. The number of nitrogens with one attached hydrogen (secondary N) is 1. The van der Waals surface area contributed by atoms with E-state index in [0.29, 0.717) is 11.5 Å². The van der Waals surface area contributed by atoms with Gasteiger partial charge in [-0.2, -0.15) is 5.10 Å². The molecular weight excluding hydrogens is 348 g/mol. The minimum atomic E-state index is -0.227. The fraction of sp³-hybridized carbons (Fsp3) is 0.200. The van der Waals surface area contributed by atoms with Gasteiger partial charge in [-0.05, 0) is 41.5 Å². The molecule has 0 fully saturated rings. The Morgan fingerprint density at radius 1 is 1.11 bits per heavy atom. The van der Waals surface area contributed by atoms with E-state index in [-0.39, 0.29) is 19.1 Å². The Morgan fingerprint density at radius 2 is 1.93 bits per heavy atom. The van der Waals surface area contributed by atoms with Gasteiger partial charge in [0.2, 0.25) is 12.7 Å². The molecule has 0 unspecified atom stereocenters. The van der Waals surface area contributed by atoms with Crippen molar-refractivity contribution in [2.24, 2.45) is 5.10 Å². The summed E-state index contributed by atoms with van der Waals surface area (Å²) in [6.07, 6.45) is 5.28. The summed E-state index contributed by atoms with van der Waals surface area (Å²) in [5.74, 6) is 2.43. The van der Waals surface area contributed by atoms with Crippen molar-refractivity contribution in [2.75, 3.05) is 21.0 Å². The molecule has 27 heavy (non-hydrogen) atoms. The number of rotatable bonds is 7. The van der Waals surface area contributed by atoms with Gasteiger partial charge in [0.05, 0.1) is 20.6 Å². The zero-order chi connectivity index (χ0) is 19.1. The van der Waals surface area contributed by atoms with E-state index in [1.54, 1.807) is 32.4 Å². The number of benzene rings is 2. The van der Waals surface area contributed by atoms with Crippen LogP contribution in [-0.4, -0.2) is 33.1 Å². The second-order valence-electron chi connectivity index (χ2n) is 5.65. The minimum absolute atomic E-state index is 0.184. The largest absolute Gasteiger partial charge is 0.493 e. The summed E-state index contributed by atoms with van der Waals surface area (Å²) in [7, 11) is 3.12. The molecule has 0 spiro atoms. The van der Waals surface area contributed by atoms with Gasteiger partial charge in [-0.1, -0.05) is 18.2 Å². The molecule has 1 amide bonds. The van der Waals surface area contributed by atoms with Gasteiger partial charge < -0.3 is 18.9 Å². The van der Waals surface area contributed by atoms with Gasteiger partial charge in [0, 0.05) is 6.21 Å². The Balaban J connectivity index is 1.50. The number of carbonyl (C=O) groups excluding carboxylic acids is 1. The molecule has 2 aromatic rings. The highest BCUT2D eigenvalue weighted by Gasteiger charge is 2.12. The second-order valence-corrected chi connectivity index (χ2v) is 5.65. The molecule has 0 atom stereocenters. The summed E-state index contributed by atoms with van der Waals surface area (Å²) in [6, 6.07) is 11.0. The van der Waals surface area contributed by atoms with Gasteiger partial charge in [0.25, 0.3) is 0 Å². The SMILES string of the molecule is COc1ccc(CC(=O)NN=CC=Cc2ccc3c(c2)OCO3)cc1OC. The fourth-order valence-corrected chi connectivity index (χ4v) is 2.54. The van der Waals surface area contributed by atoms with Gasteiger partial charge >= 0.3 is 0 Å². The highest BCUT2D eigenvalue weighted by molar-refractivity contribution is 5.82. The molecule has 0 saturated carbocycles. The van der Waals surface area contributed by atoms with Gasteiger partial charge in [-0.3, -0.25) is 4.79 Å². The standard InChI is InChI=1S/C20H20N2O5/c1-24-16-7-6-15(11-18(16)25-2)12-20(23)22-21-9-3-4-14-5-8-17-19(10-14)27-13-26-17/h3-11H,12-13H2,1-2H3,(H,22,23). The van der Waals surface area contributed by atoms with Crippen LogP contribution in [0.4, 0.5) is 0 Å². The van der Waals surface area contributed by atoms with Crippen LogP contribution in [0.25, 0.3) is 6.08 Å². The number of hydrogen-bond acceptors (Lipinski definition) is 6. The van der Waals surface area contributed by atoms with Crippen molar-refractivity contribution in [3.05, 3.63) is 53.6 Å². The zero-order valence-electron chi connectivity index (χ0n) is 15.1. The van der Waals surface area contributed by atoms with E-state index in [4.69, 9.17) is 18.9 Å². The molecule has 0 aliphatic carbocycles. The van der Waals surface area contributed by atoms with Gasteiger partial charge in [-0.15, -0.1) is 0 Å². The lowest BCUT2D eigenvalue weighted by molar-refractivity contribution is -0.120. The predicted molar refractivity (Wildman–Crippen MR) is 101 cm³/mol. The number of hydrazone groups is 1. The molecular formula is C20H20N2O5. The highest BCUT2D eigenvalue weighted by atomic mass is 16.7. The van der Waals surface area contributed by atoms with Gasteiger partial charge in [-0.25, -0.2) is 5.43 Å². The first-order valence-corrected chi connectivity index (χ1v) is 8.28. The van der Waals surface area contributed by atoms with Crippen LogP contribution >= 0.6 is 0 Å². The van der Waals surface area contributed by atoms with Crippen LogP contribution in [0, 0.1) is 0 Å². The maximum atomic E-state index is 12.0. The first-order valence-electron chi connectivity index (χ1n) is 8.28. The van der Waals surface area contributed by atoms with E-state index < -0.39 is 0 Å². The average Bonchev–Trinajstić information content (AvgIpc) is 3.15. The molecule has 0 saturated heterocycles. The lowest BCUT2D eigenvalue weighted by Crippen LogP contribution is -2.19. The first kappa shape index (κ1) is 18.3. The summed E-state index contributed by atoms with van der Waals surface area (Å²) in [5.41, 5.74) is 4.24. The van der Waals surface area contributed by atoms with Crippen LogP contribution in [0.3, 0.4) is 0 Å². The van der Waals surface area contributed by atoms with Crippen molar-refractivity contribution in [3.63, 3.8) is 0 Å². The van der Waals surface area contributed by atoms with E-state index in [9.17, 15) is 4.79 Å². The number of allylic oxidation sites excluding steroid dienone is 1. The third-order valence-corrected chi connectivity index (χ3v) is 3.85. The van der Waals surface area contributed by atoms with Crippen LogP contribution in [0.2, 0.25) is 0 Å². The predicted octanol–water partition coefficient (Wildman–Crippen LogP) is 2.79. The molecule has 0 radical (unpaired) electrons. The maximum absolute atomic E-state index is 12.0. The first-order chi connectivity index (χ1) is 13.2. The normalized spacial score (nSPS) is 12.5. The molecule has 1 N–H and O–H groups in total. The average molecular weight is 368 g/mol. The smallest absolute Gasteiger partial charge is 0.244 e. The van der Waals surface area contributed by atoms with Crippen LogP contribution in [-0.2, 0) is 11.2 Å².